The fourth-order valence-corrected chi connectivity index (χ4v) is 3.27. The predicted octanol–water partition coefficient (Wildman–Crippen LogP) is 1.05. The summed E-state index contributed by atoms with van der Waals surface area (Å²) in [6, 6.07) is 3.16. The van der Waals surface area contributed by atoms with Gasteiger partial charge in [0.05, 0.1) is 32.4 Å². The van der Waals surface area contributed by atoms with Crippen molar-refractivity contribution >= 4 is 32.9 Å². The SMILES string of the molecule is Cc1nc2cc(N3CC(O)C(O)C3)c([N+](=O)[O-])cc2s1. The van der Waals surface area contributed by atoms with Crippen molar-refractivity contribution in [3.63, 3.8) is 0 Å². The number of nitro groups is 1. The minimum absolute atomic E-state index is 0.0255. The van der Waals surface area contributed by atoms with Crippen molar-refractivity contribution in [1.29, 1.82) is 0 Å². The molecule has 2 heterocycles. The van der Waals surface area contributed by atoms with Crippen molar-refractivity contribution in [3.8, 4) is 0 Å². The van der Waals surface area contributed by atoms with Crippen LogP contribution in [0.4, 0.5) is 11.4 Å². The van der Waals surface area contributed by atoms with E-state index in [0.29, 0.717) is 11.2 Å². The Morgan fingerprint density at radius 2 is 2.05 bits per heavy atom. The number of anilines is 1. The molecule has 1 fully saturated rings. The molecular formula is C12H13N3O4S. The van der Waals surface area contributed by atoms with Crippen molar-refractivity contribution < 1.29 is 15.1 Å². The van der Waals surface area contributed by atoms with Crippen LogP contribution >= 0.6 is 11.3 Å². The van der Waals surface area contributed by atoms with Crippen LogP contribution in [0.1, 0.15) is 5.01 Å². The van der Waals surface area contributed by atoms with Crippen LogP contribution in [-0.4, -0.2) is 45.4 Å². The van der Waals surface area contributed by atoms with Crippen LogP contribution in [0, 0.1) is 17.0 Å². The van der Waals surface area contributed by atoms with Gasteiger partial charge in [-0.05, 0) is 13.0 Å². The molecule has 0 radical (unpaired) electrons. The summed E-state index contributed by atoms with van der Waals surface area (Å²) in [7, 11) is 0. The van der Waals surface area contributed by atoms with Gasteiger partial charge in [-0.2, -0.15) is 0 Å². The van der Waals surface area contributed by atoms with Crippen LogP contribution in [-0.2, 0) is 0 Å². The van der Waals surface area contributed by atoms with Gasteiger partial charge in [-0.15, -0.1) is 11.3 Å². The second-order valence-electron chi connectivity index (χ2n) is 4.84. The zero-order chi connectivity index (χ0) is 14.4. The second kappa shape index (κ2) is 4.65. The van der Waals surface area contributed by atoms with Gasteiger partial charge in [0.25, 0.3) is 5.69 Å². The summed E-state index contributed by atoms with van der Waals surface area (Å²) in [5, 5.41) is 31.3. The minimum atomic E-state index is -0.887. The molecule has 8 heteroatoms. The summed E-state index contributed by atoms with van der Waals surface area (Å²) in [5.41, 5.74) is 1.06. The van der Waals surface area contributed by atoms with Gasteiger partial charge < -0.3 is 15.1 Å². The highest BCUT2D eigenvalue weighted by Gasteiger charge is 2.33. The van der Waals surface area contributed by atoms with Gasteiger partial charge in [-0.1, -0.05) is 0 Å². The average Bonchev–Trinajstić information content (AvgIpc) is 2.89. The number of hydrogen-bond acceptors (Lipinski definition) is 7. The Kier molecular flexibility index (Phi) is 3.08. The van der Waals surface area contributed by atoms with Gasteiger partial charge in [0.15, 0.2) is 0 Å². The summed E-state index contributed by atoms with van der Waals surface area (Å²) in [6.07, 6.45) is -1.77. The Morgan fingerprint density at radius 3 is 2.65 bits per heavy atom. The van der Waals surface area contributed by atoms with Crippen LogP contribution in [0.5, 0.6) is 0 Å². The lowest BCUT2D eigenvalue weighted by atomic mass is 10.2. The quantitative estimate of drug-likeness (QED) is 0.634. The van der Waals surface area contributed by atoms with Crippen molar-refractivity contribution in [2.24, 2.45) is 0 Å². The van der Waals surface area contributed by atoms with Gasteiger partial charge in [0.2, 0.25) is 0 Å². The maximum absolute atomic E-state index is 11.2. The number of benzene rings is 1. The molecule has 2 N–H and O–H groups in total. The third-order valence-electron chi connectivity index (χ3n) is 3.39. The molecule has 0 aliphatic carbocycles. The molecule has 1 saturated heterocycles. The van der Waals surface area contributed by atoms with E-state index in [9.17, 15) is 20.3 Å². The van der Waals surface area contributed by atoms with E-state index < -0.39 is 17.1 Å². The molecule has 1 aliphatic heterocycles. The highest BCUT2D eigenvalue weighted by atomic mass is 32.1. The molecule has 1 aromatic carbocycles. The maximum atomic E-state index is 11.2. The van der Waals surface area contributed by atoms with Crippen molar-refractivity contribution in [1.82, 2.24) is 4.98 Å². The smallest absolute Gasteiger partial charge is 0.294 e. The lowest BCUT2D eigenvalue weighted by molar-refractivity contribution is -0.384. The number of aliphatic hydroxyl groups excluding tert-OH is 2. The van der Waals surface area contributed by atoms with Gasteiger partial charge in [-0.25, -0.2) is 4.98 Å². The summed E-state index contributed by atoms with van der Waals surface area (Å²) in [6.45, 7) is 2.20. The maximum Gasteiger partial charge on any atom is 0.294 e. The first-order valence-corrected chi connectivity index (χ1v) is 6.94. The Morgan fingerprint density at radius 1 is 1.40 bits per heavy atom. The predicted molar refractivity (Wildman–Crippen MR) is 75.2 cm³/mol. The van der Waals surface area contributed by atoms with E-state index in [1.165, 1.54) is 17.4 Å². The molecular weight excluding hydrogens is 282 g/mol. The van der Waals surface area contributed by atoms with E-state index in [0.717, 1.165) is 9.71 Å². The molecule has 7 nitrogen and oxygen atoms in total. The average molecular weight is 295 g/mol. The van der Waals surface area contributed by atoms with Gasteiger partial charge >= 0.3 is 0 Å². The largest absolute Gasteiger partial charge is 0.389 e. The molecule has 1 aliphatic rings. The topological polar surface area (TPSA) is 99.7 Å². The van der Waals surface area contributed by atoms with Crippen LogP contribution in [0.3, 0.4) is 0 Å². The zero-order valence-electron chi connectivity index (χ0n) is 10.7. The third-order valence-corrected chi connectivity index (χ3v) is 4.32. The molecule has 0 bridgehead atoms. The zero-order valence-corrected chi connectivity index (χ0v) is 11.5. The van der Waals surface area contributed by atoms with Gasteiger partial charge in [0, 0.05) is 19.2 Å². The van der Waals surface area contributed by atoms with Crippen molar-refractivity contribution in [3.05, 3.63) is 27.3 Å². The molecule has 0 spiro atoms. The molecule has 2 atom stereocenters. The summed E-state index contributed by atoms with van der Waals surface area (Å²) in [5.74, 6) is 0. The Balaban J connectivity index is 2.12. The number of nitrogens with zero attached hydrogens (tertiary/aromatic N) is 3. The number of fused-ring (bicyclic) bond motifs is 1. The van der Waals surface area contributed by atoms with E-state index in [1.54, 1.807) is 11.0 Å². The molecule has 0 amide bonds. The Hall–Kier alpha value is -1.77. The Bertz CT molecular complexity index is 677. The monoisotopic (exact) mass is 295 g/mol. The number of nitro benzene ring substituents is 1. The fraction of sp³-hybridized carbons (Fsp3) is 0.417. The molecule has 3 rings (SSSR count). The van der Waals surface area contributed by atoms with Crippen LogP contribution < -0.4 is 4.90 Å². The van der Waals surface area contributed by atoms with E-state index in [2.05, 4.69) is 4.98 Å². The molecule has 20 heavy (non-hydrogen) atoms. The number of aryl methyl sites for hydroxylation is 1. The Labute approximate surface area is 118 Å². The van der Waals surface area contributed by atoms with Crippen LogP contribution in [0.2, 0.25) is 0 Å². The number of thiazole rings is 1. The molecule has 1 aromatic heterocycles. The van der Waals surface area contributed by atoms with Crippen molar-refractivity contribution in [2.75, 3.05) is 18.0 Å². The van der Waals surface area contributed by atoms with Gasteiger partial charge in [-0.3, -0.25) is 10.1 Å². The van der Waals surface area contributed by atoms with Gasteiger partial charge in [0.1, 0.15) is 5.69 Å². The summed E-state index contributed by atoms with van der Waals surface area (Å²) >= 11 is 1.40. The number of aliphatic hydroxyl groups is 2. The number of rotatable bonds is 2. The summed E-state index contributed by atoms with van der Waals surface area (Å²) < 4.78 is 0.762. The first-order valence-electron chi connectivity index (χ1n) is 6.12. The van der Waals surface area contributed by atoms with E-state index in [-0.39, 0.29) is 18.8 Å². The standard InChI is InChI=1S/C12H13N3O4S/c1-6-13-7-2-8(14-4-10(16)11(17)5-14)9(15(18)19)3-12(7)20-6/h2-3,10-11,16-17H,4-5H2,1H3. The molecule has 2 unspecified atom stereocenters. The lowest BCUT2D eigenvalue weighted by Crippen LogP contribution is -2.22. The van der Waals surface area contributed by atoms with Crippen molar-refractivity contribution in [2.45, 2.75) is 19.1 Å². The van der Waals surface area contributed by atoms with E-state index in [4.69, 9.17) is 0 Å². The lowest BCUT2D eigenvalue weighted by Gasteiger charge is -2.17. The molecule has 0 saturated carbocycles. The van der Waals surface area contributed by atoms with Crippen LogP contribution in [0.15, 0.2) is 12.1 Å². The molecule has 2 aromatic rings. The number of aromatic nitrogens is 1. The second-order valence-corrected chi connectivity index (χ2v) is 6.07. The highest BCUT2D eigenvalue weighted by molar-refractivity contribution is 7.18. The third kappa shape index (κ3) is 2.11. The number of β-amino-alcohol motifs (C(OH)–C–C–N with tert-alkyl or cyclic N) is 2. The first kappa shape index (κ1) is 13.2. The van der Waals surface area contributed by atoms with E-state index >= 15 is 0 Å². The van der Waals surface area contributed by atoms with E-state index in [1.807, 2.05) is 6.92 Å². The summed E-state index contributed by atoms with van der Waals surface area (Å²) in [4.78, 5) is 16.7. The normalized spacial score (nSPS) is 22.6. The highest BCUT2D eigenvalue weighted by Crippen LogP contribution is 2.36. The van der Waals surface area contributed by atoms with Crippen LogP contribution in [0.25, 0.3) is 10.2 Å². The first-order chi connectivity index (χ1) is 9.45. The minimum Gasteiger partial charge on any atom is -0.389 e. The fourth-order valence-electron chi connectivity index (χ4n) is 2.43. The number of hydrogen-bond donors (Lipinski definition) is 2. The molecule has 106 valence electrons.